The second-order valence-electron chi connectivity index (χ2n) is 5.13. The molecule has 0 aliphatic heterocycles. The van der Waals surface area contributed by atoms with E-state index in [1.165, 1.54) is 41.5 Å². The average Bonchev–Trinajstić information content (AvgIpc) is 2.31. The maximum atomic E-state index is 4.08. The summed E-state index contributed by atoms with van der Waals surface area (Å²) in [6.45, 7) is 14.7. The van der Waals surface area contributed by atoms with Gasteiger partial charge in [0.2, 0.25) is 0 Å². The van der Waals surface area contributed by atoms with E-state index < -0.39 is 0 Å². The molecule has 0 aromatic heterocycles. The first-order valence-corrected chi connectivity index (χ1v) is 7.42. The Morgan fingerprint density at radius 3 is 2.28 bits per heavy atom. The molecule has 0 atom stereocenters. The van der Waals surface area contributed by atoms with Crippen molar-refractivity contribution in [3.8, 4) is 0 Å². The summed E-state index contributed by atoms with van der Waals surface area (Å²) >= 11 is 0. The molecule has 1 saturated carbocycles. The lowest BCUT2D eigenvalue weighted by Gasteiger charge is -2.28. The Bertz CT molecular complexity index is 408. The Balaban J connectivity index is 0.000000771. The minimum atomic E-state index is 0.837. The smallest absolute Gasteiger partial charge is 0.0159 e. The first kappa shape index (κ1) is 15.0. The Labute approximate surface area is 113 Å². The number of rotatable bonds is 3. The van der Waals surface area contributed by atoms with Crippen LogP contribution in [0.3, 0.4) is 0 Å². The van der Waals surface area contributed by atoms with Crippen molar-refractivity contribution in [2.45, 2.75) is 66.2 Å². The van der Waals surface area contributed by atoms with Crippen LogP contribution in [0.25, 0.3) is 5.57 Å². The van der Waals surface area contributed by atoms with Crippen LogP contribution in [0.2, 0.25) is 0 Å². The summed E-state index contributed by atoms with van der Waals surface area (Å²) in [5.74, 6) is 0.837. The molecule has 0 unspecified atom stereocenters. The minimum absolute atomic E-state index is 0.837. The van der Waals surface area contributed by atoms with Gasteiger partial charge in [0.05, 0.1) is 0 Å². The molecule has 2 rings (SSSR count). The molecular weight excluding hydrogens is 216 g/mol. The summed E-state index contributed by atoms with van der Waals surface area (Å²) in [7, 11) is 0. The summed E-state index contributed by atoms with van der Waals surface area (Å²) in [6.07, 6.45) is 5.29. The molecular formula is C18H28. The van der Waals surface area contributed by atoms with E-state index >= 15 is 0 Å². The number of hydrogen-bond donors (Lipinski definition) is 0. The second kappa shape index (κ2) is 6.78. The van der Waals surface area contributed by atoms with Crippen LogP contribution in [0, 0.1) is 6.92 Å². The van der Waals surface area contributed by atoms with E-state index in [2.05, 4.69) is 39.5 Å². The van der Waals surface area contributed by atoms with Crippen molar-refractivity contribution in [1.29, 1.82) is 0 Å². The van der Waals surface area contributed by atoms with Crippen molar-refractivity contribution in [3.63, 3.8) is 0 Å². The van der Waals surface area contributed by atoms with Crippen LogP contribution in [0.15, 0.2) is 18.7 Å². The lowest BCUT2D eigenvalue weighted by atomic mass is 9.77. The molecule has 1 aliphatic carbocycles. The summed E-state index contributed by atoms with van der Waals surface area (Å²) < 4.78 is 0. The van der Waals surface area contributed by atoms with E-state index in [4.69, 9.17) is 0 Å². The van der Waals surface area contributed by atoms with Crippen LogP contribution in [0.1, 0.15) is 75.1 Å². The standard InChI is InChI=1S/C16H22.C2H6/c1-5-13-10-16(14-7-6-8-14)12(4)9-15(13)11(2)3;1-2/h9-10,14H,2,5-8H2,1,3-4H3;1-2H3. The van der Waals surface area contributed by atoms with Gasteiger partial charge in [-0.3, -0.25) is 0 Å². The number of benzene rings is 1. The zero-order valence-electron chi connectivity index (χ0n) is 12.8. The highest BCUT2D eigenvalue weighted by atomic mass is 14.3. The number of aryl methyl sites for hydroxylation is 2. The van der Waals surface area contributed by atoms with Gasteiger partial charge in [0.15, 0.2) is 0 Å². The molecule has 18 heavy (non-hydrogen) atoms. The third-order valence-electron chi connectivity index (χ3n) is 3.88. The minimum Gasteiger partial charge on any atom is -0.0955 e. The molecule has 0 nitrogen and oxygen atoms in total. The number of allylic oxidation sites excluding steroid dienone is 1. The highest BCUT2D eigenvalue weighted by molar-refractivity contribution is 5.66. The predicted octanol–water partition coefficient (Wildman–Crippen LogP) is 5.88. The molecule has 1 aliphatic rings. The van der Waals surface area contributed by atoms with Crippen LogP contribution in [-0.4, -0.2) is 0 Å². The zero-order valence-corrected chi connectivity index (χ0v) is 12.8. The summed E-state index contributed by atoms with van der Waals surface area (Å²) in [5.41, 5.74) is 7.08. The van der Waals surface area contributed by atoms with Gasteiger partial charge in [-0.05, 0) is 61.3 Å². The molecule has 1 aromatic carbocycles. The first-order chi connectivity index (χ1) is 8.63. The molecule has 0 amide bonds. The monoisotopic (exact) mass is 244 g/mol. The first-order valence-electron chi connectivity index (χ1n) is 7.42. The second-order valence-corrected chi connectivity index (χ2v) is 5.13. The van der Waals surface area contributed by atoms with Gasteiger partial charge in [-0.25, -0.2) is 0 Å². The molecule has 0 heteroatoms. The average molecular weight is 244 g/mol. The maximum absolute atomic E-state index is 4.08. The predicted molar refractivity (Wildman–Crippen MR) is 83.2 cm³/mol. The maximum Gasteiger partial charge on any atom is -0.0159 e. The number of hydrogen-bond acceptors (Lipinski definition) is 0. The SMILES string of the molecule is C=C(C)c1cc(C)c(C2CCC2)cc1CC.CC. The van der Waals surface area contributed by atoms with Crippen LogP contribution in [-0.2, 0) is 6.42 Å². The van der Waals surface area contributed by atoms with Gasteiger partial charge in [-0.1, -0.05) is 51.5 Å². The molecule has 0 saturated heterocycles. The Morgan fingerprint density at radius 2 is 1.89 bits per heavy atom. The van der Waals surface area contributed by atoms with Gasteiger partial charge < -0.3 is 0 Å². The Kier molecular flexibility index (Phi) is 5.65. The van der Waals surface area contributed by atoms with E-state index in [0.29, 0.717) is 0 Å². The van der Waals surface area contributed by atoms with Gasteiger partial charge in [-0.2, -0.15) is 0 Å². The van der Waals surface area contributed by atoms with Gasteiger partial charge in [0.25, 0.3) is 0 Å². The Hall–Kier alpha value is -1.04. The lowest BCUT2D eigenvalue weighted by molar-refractivity contribution is 0.418. The van der Waals surface area contributed by atoms with E-state index in [1.54, 1.807) is 5.56 Å². The van der Waals surface area contributed by atoms with Crippen LogP contribution < -0.4 is 0 Å². The third-order valence-corrected chi connectivity index (χ3v) is 3.88. The molecule has 100 valence electrons. The van der Waals surface area contributed by atoms with Crippen molar-refractivity contribution >= 4 is 5.57 Å². The van der Waals surface area contributed by atoms with Crippen LogP contribution >= 0.6 is 0 Å². The fourth-order valence-electron chi connectivity index (χ4n) is 2.62. The molecule has 0 heterocycles. The van der Waals surface area contributed by atoms with E-state index in [1.807, 2.05) is 13.8 Å². The van der Waals surface area contributed by atoms with Crippen LogP contribution in [0.4, 0.5) is 0 Å². The van der Waals surface area contributed by atoms with Gasteiger partial charge in [0.1, 0.15) is 0 Å². The third kappa shape index (κ3) is 3.04. The van der Waals surface area contributed by atoms with Crippen molar-refractivity contribution in [2.75, 3.05) is 0 Å². The summed E-state index contributed by atoms with van der Waals surface area (Å²) in [4.78, 5) is 0. The van der Waals surface area contributed by atoms with E-state index in [9.17, 15) is 0 Å². The largest absolute Gasteiger partial charge is 0.0955 e. The van der Waals surface area contributed by atoms with Gasteiger partial charge in [-0.15, -0.1) is 0 Å². The van der Waals surface area contributed by atoms with E-state index in [-0.39, 0.29) is 0 Å². The normalized spacial score (nSPS) is 14.5. The molecule has 1 aromatic rings. The van der Waals surface area contributed by atoms with E-state index in [0.717, 1.165) is 12.3 Å². The fourth-order valence-corrected chi connectivity index (χ4v) is 2.62. The van der Waals surface area contributed by atoms with Crippen molar-refractivity contribution in [2.24, 2.45) is 0 Å². The summed E-state index contributed by atoms with van der Waals surface area (Å²) in [6, 6.07) is 4.78. The highest BCUT2D eigenvalue weighted by Gasteiger charge is 2.22. The zero-order chi connectivity index (χ0) is 13.7. The molecule has 0 bridgehead atoms. The molecule has 0 N–H and O–H groups in total. The van der Waals surface area contributed by atoms with Gasteiger partial charge >= 0.3 is 0 Å². The molecule has 0 radical (unpaired) electrons. The molecule has 0 spiro atoms. The van der Waals surface area contributed by atoms with Crippen molar-refractivity contribution in [1.82, 2.24) is 0 Å². The lowest BCUT2D eigenvalue weighted by Crippen LogP contribution is -2.11. The molecule has 1 fully saturated rings. The fraction of sp³-hybridized carbons (Fsp3) is 0.556. The van der Waals surface area contributed by atoms with Crippen molar-refractivity contribution < 1.29 is 0 Å². The Morgan fingerprint density at radius 1 is 1.28 bits per heavy atom. The topological polar surface area (TPSA) is 0 Å². The quantitative estimate of drug-likeness (QED) is 0.622. The van der Waals surface area contributed by atoms with Gasteiger partial charge in [0, 0.05) is 0 Å². The highest BCUT2D eigenvalue weighted by Crippen LogP contribution is 2.39. The van der Waals surface area contributed by atoms with Crippen molar-refractivity contribution in [3.05, 3.63) is 41.0 Å². The van der Waals surface area contributed by atoms with Crippen LogP contribution in [0.5, 0.6) is 0 Å². The summed E-state index contributed by atoms with van der Waals surface area (Å²) in [5, 5.41) is 0.